The maximum absolute atomic E-state index is 5.95. The van der Waals surface area contributed by atoms with Crippen LogP contribution in [-0.2, 0) is 11.5 Å². The van der Waals surface area contributed by atoms with E-state index in [1.54, 1.807) is 10.9 Å². The van der Waals surface area contributed by atoms with Crippen molar-refractivity contribution in [3.05, 3.63) is 11.5 Å². The Labute approximate surface area is 118 Å². The summed E-state index contributed by atoms with van der Waals surface area (Å²) in [7, 11) is -1.07. The Morgan fingerprint density at radius 1 is 1.37 bits per heavy atom. The first-order valence-electron chi connectivity index (χ1n) is 6.08. The number of aromatic nitrogens is 4. The van der Waals surface area contributed by atoms with E-state index in [9.17, 15) is 0 Å². The first-order chi connectivity index (χ1) is 8.87. The summed E-state index contributed by atoms with van der Waals surface area (Å²) in [6.45, 7) is 8.08. The van der Waals surface area contributed by atoms with Crippen molar-refractivity contribution in [1.29, 1.82) is 0 Å². The zero-order valence-corrected chi connectivity index (χ0v) is 13.1. The van der Waals surface area contributed by atoms with Crippen molar-refractivity contribution in [1.82, 2.24) is 19.5 Å². The van der Waals surface area contributed by atoms with Gasteiger partial charge in [-0.2, -0.15) is 9.97 Å². The SMILES string of the molecule is C[Si](C)(C)CCOCn1cnc2c(Cl)nc(N)nc21. The molecule has 8 heteroatoms. The van der Waals surface area contributed by atoms with Crippen LogP contribution in [0.3, 0.4) is 0 Å². The quantitative estimate of drug-likeness (QED) is 0.521. The number of ether oxygens (including phenoxy) is 1. The van der Waals surface area contributed by atoms with Crippen molar-refractivity contribution in [3.8, 4) is 0 Å². The average Bonchev–Trinajstić information content (AvgIpc) is 2.66. The van der Waals surface area contributed by atoms with E-state index >= 15 is 0 Å². The van der Waals surface area contributed by atoms with Crippen molar-refractivity contribution >= 4 is 36.8 Å². The van der Waals surface area contributed by atoms with E-state index in [-0.39, 0.29) is 11.1 Å². The molecule has 2 aromatic heterocycles. The minimum absolute atomic E-state index is 0.140. The van der Waals surface area contributed by atoms with Crippen LogP contribution >= 0.6 is 11.6 Å². The fraction of sp³-hybridized carbons (Fsp3) is 0.545. The highest BCUT2D eigenvalue weighted by atomic mass is 35.5. The third-order valence-corrected chi connectivity index (χ3v) is 4.63. The molecule has 2 aromatic rings. The van der Waals surface area contributed by atoms with E-state index < -0.39 is 8.07 Å². The monoisotopic (exact) mass is 299 g/mol. The van der Waals surface area contributed by atoms with E-state index in [1.165, 1.54) is 0 Å². The molecule has 0 aliphatic heterocycles. The van der Waals surface area contributed by atoms with Gasteiger partial charge in [-0.05, 0) is 6.04 Å². The Balaban J connectivity index is 2.05. The molecular formula is C11H18ClN5OSi. The molecule has 0 unspecified atom stereocenters. The summed E-state index contributed by atoms with van der Waals surface area (Å²) in [5, 5.41) is 0.267. The first-order valence-corrected chi connectivity index (χ1v) is 10.2. The number of nitrogen functional groups attached to an aromatic ring is 1. The van der Waals surface area contributed by atoms with Gasteiger partial charge >= 0.3 is 0 Å². The van der Waals surface area contributed by atoms with Gasteiger partial charge in [0.15, 0.2) is 10.8 Å². The molecule has 2 rings (SSSR count). The van der Waals surface area contributed by atoms with Crippen molar-refractivity contribution in [3.63, 3.8) is 0 Å². The summed E-state index contributed by atoms with van der Waals surface area (Å²) >= 11 is 5.95. The van der Waals surface area contributed by atoms with Crippen LogP contribution in [0.4, 0.5) is 5.95 Å². The molecule has 2 heterocycles. The van der Waals surface area contributed by atoms with Gasteiger partial charge in [-0.25, -0.2) is 4.98 Å². The number of hydrogen-bond donors (Lipinski definition) is 1. The van der Waals surface area contributed by atoms with Crippen LogP contribution in [-0.4, -0.2) is 34.2 Å². The van der Waals surface area contributed by atoms with Gasteiger partial charge in [-0.3, -0.25) is 4.57 Å². The fourth-order valence-corrected chi connectivity index (χ4v) is 2.54. The van der Waals surface area contributed by atoms with E-state index in [4.69, 9.17) is 22.1 Å². The number of anilines is 1. The number of imidazole rings is 1. The van der Waals surface area contributed by atoms with Crippen LogP contribution in [0, 0.1) is 0 Å². The predicted octanol–water partition coefficient (Wildman–Crippen LogP) is 2.37. The number of nitrogens with two attached hydrogens (primary N) is 1. The van der Waals surface area contributed by atoms with Crippen LogP contribution in [0.25, 0.3) is 11.2 Å². The van der Waals surface area contributed by atoms with Gasteiger partial charge in [-0.1, -0.05) is 31.2 Å². The molecule has 0 fully saturated rings. The third-order valence-electron chi connectivity index (χ3n) is 2.67. The number of fused-ring (bicyclic) bond motifs is 1. The zero-order valence-electron chi connectivity index (χ0n) is 11.4. The van der Waals surface area contributed by atoms with Crippen LogP contribution in [0.1, 0.15) is 0 Å². The lowest BCUT2D eigenvalue weighted by Crippen LogP contribution is -2.22. The van der Waals surface area contributed by atoms with Crippen molar-refractivity contribution in [2.24, 2.45) is 0 Å². The predicted molar refractivity (Wildman–Crippen MR) is 78.9 cm³/mol. The van der Waals surface area contributed by atoms with Crippen LogP contribution in [0.2, 0.25) is 30.8 Å². The summed E-state index contributed by atoms with van der Waals surface area (Å²) in [6, 6.07) is 1.12. The second-order valence-corrected chi connectivity index (χ2v) is 11.6. The average molecular weight is 300 g/mol. The Hall–Kier alpha value is -1.18. The lowest BCUT2D eigenvalue weighted by Gasteiger charge is -2.15. The number of rotatable bonds is 5. The smallest absolute Gasteiger partial charge is 0.223 e. The van der Waals surface area contributed by atoms with Crippen LogP contribution in [0.15, 0.2) is 6.33 Å². The van der Waals surface area contributed by atoms with Gasteiger partial charge in [-0.15, -0.1) is 0 Å². The molecular weight excluding hydrogens is 282 g/mol. The molecule has 6 nitrogen and oxygen atoms in total. The molecule has 0 saturated carbocycles. The lowest BCUT2D eigenvalue weighted by molar-refractivity contribution is 0.0895. The number of nitrogens with zero attached hydrogens (tertiary/aromatic N) is 4. The Morgan fingerprint density at radius 2 is 2.11 bits per heavy atom. The molecule has 0 aromatic carbocycles. The molecule has 0 amide bonds. The summed E-state index contributed by atoms with van der Waals surface area (Å²) in [5.74, 6) is 0.140. The third kappa shape index (κ3) is 3.65. The van der Waals surface area contributed by atoms with E-state index in [0.717, 1.165) is 12.7 Å². The summed E-state index contributed by atoms with van der Waals surface area (Å²) in [4.78, 5) is 12.2. The molecule has 19 heavy (non-hydrogen) atoms. The highest BCUT2D eigenvalue weighted by Gasteiger charge is 2.13. The maximum atomic E-state index is 5.95. The normalized spacial score (nSPS) is 12.2. The van der Waals surface area contributed by atoms with Crippen molar-refractivity contribution < 1.29 is 4.74 Å². The second kappa shape index (κ2) is 5.44. The van der Waals surface area contributed by atoms with Gasteiger partial charge in [0, 0.05) is 14.7 Å². The topological polar surface area (TPSA) is 78.8 Å². The van der Waals surface area contributed by atoms with Gasteiger partial charge in [0.05, 0.1) is 6.33 Å². The number of hydrogen-bond acceptors (Lipinski definition) is 5. The maximum Gasteiger partial charge on any atom is 0.223 e. The second-order valence-electron chi connectivity index (χ2n) is 5.61. The molecule has 0 atom stereocenters. The Kier molecular flexibility index (Phi) is 4.07. The van der Waals surface area contributed by atoms with Crippen LogP contribution < -0.4 is 5.73 Å². The molecule has 2 N–H and O–H groups in total. The van der Waals surface area contributed by atoms with Crippen molar-refractivity contribution in [2.45, 2.75) is 32.4 Å². The molecule has 0 bridgehead atoms. The highest BCUT2D eigenvalue weighted by molar-refractivity contribution is 6.76. The van der Waals surface area contributed by atoms with E-state index in [2.05, 4.69) is 34.6 Å². The minimum Gasteiger partial charge on any atom is -0.368 e. The molecule has 0 radical (unpaired) electrons. The fourth-order valence-electron chi connectivity index (χ4n) is 1.56. The standard InChI is InChI=1S/C11H18ClN5OSi/c1-19(2,3)5-4-18-7-17-6-14-8-9(12)15-11(13)16-10(8)17/h6H,4-5,7H2,1-3H3,(H2,13,15,16). The Bertz CT molecular complexity index is 580. The largest absolute Gasteiger partial charge is 0.368 e. The summed E-state index contributed by atoms with van der Waals surface area (Å²) in [6.07, 6.45) is 1.64. The molecule has 0 spiro atoms. The molecule has 0 saturated heterocycles. The first kappa shape index (κ1) is 14.2. The minimum atomic E-state index is -1.07. The summed E-state index contributed by atoms with van der Waals surface area (Å²) < 4.78 is 7.44. The molecule has 0 aliphatic carbocycles. The molecule has 0 aliphatic rings. The van der Waals surface area contributed by atoms with E-state index in [0.29, 0.717) is 17.9 Å². The summed E-state index contributed by atoms with van der Waals surface area (Å²) in [5.41, 5.74) is 6.73. The van der Waals surface area contributed by atoms with E-state index in [1.807, 2.05) is 0 Å². The van der Waals surface area contributed by atoms with Gasteiger partial charge in [0.1, 0.15) is 12.2 Å². The zero-order chi connectivity index (χ0) is 14.0. The van der Waals surface area contributed by atoms with Crippen LogP contribution in [0.5, 0.6) is 0 Å². The highest BCUT2D eigenvalue weighted by Crippen LogP contribution is 2.19. The van der Waals surface area contributed by atoms with Gasteiger partial charge in [0.25, 0.3) is 0 Å². The Morgan fingerprint density at radius 3 is 2.79 bits per heavy atom. The molecule has 104 valence electrons. The lowest BCUT2D eigenvalue weighted by atomic mass is 10.5. The van der Waals surface area contributed by atoms with Crippen molar-refractivity contribution in [2.75, 3.05) is 12.3 Å². The number of halogens is 1. The van der Waals surface area contributed by atoms with Gasteiger partial charge in [0.2, 0.25) is 5.95 Å². The van der Waals surface area contributed by atoms with Gasteiger partial charge < -0.3 is 10.5 Å².